The summed E-state index contributed by atoms with van der Waals surface area (Å²) in [6, 6.07) is 6.40. The fraction of sp³-hybridized carbons (Fsp3) is 0.526. The van der Waals surface area contributed by atoms with Crippen molar-refractivity contribution in [3.05, 3.63) is 29.6 Å². The molecule has 2 aromatic rings. The van der Waals surface area contributed by atoms with Crippen molar-refractivity contribution in [1.29, 1.82) is 0 Å². The van der Waals surface area contributed by atoms with E-state index >= 15 is 0 Å². The van der Waals surface area contributed by atoms with Crippen LogP contribution in [0.4, 0.5) is 0 Å². The minimum atomic E-state index is -0.407. The van der Waals surface area contributed by atoms with E-state index < -0.39 is 6.04 Å². The molecule has 0 spiro atoms. The first kappa shape index (κ1) is 16.1. The lowest BCUT2D eigenvalue weighted by Crippen LogP contribution is -2.45. The average Bonchev–Trinajstić information content (AvgIpc) is 3.39. The summed E-state index contributed by atoms with van der Waals surface area (Å²) in [6.07, 6.45) is 5.45. The number of carbonyl (C=O) groups is 2. The molecule has 25 heavy (non-hydrogen) atoms. The van der Waals surface area contributed by atoms with E-state index in [2.05, 4.69) is 33.2 Å². The van der Waals surface area contributed by atoms with Gasteiger partial charge in [-0.2, -0.15) is 0 Å². The molecule has 1 aliphatic heterocycles. The Kier molecular flexibility index (Phi) is 4.19. The maximum absolute atomic E-state index is 12.3. The average molecular weight is 340 g/mol. The van der Waals surface area contributed by atoms with Gasteiger partial charge in [-0.1, -0.05) is 12.5 Å². The van der Waals surface area contributed by atoms with E-state index in [0.29, 0.717) is 25.4 Å². The first-order chi connectivity index (χ1) is 12.1. The van der Waals surface area contributed by atoms with Gasteiger partial charge >= 0.3 is 0 Å². The van der Waals surface area contributed by atoms with Crippen LogP contribution in [0.15, 0.2) is 18.2 Å². The summed E-state index contributed by atoms with van der Waals surface area (Å²) in [5.74, 6) is 0.926. The second-order valence-electron chi connectivity index (χ2n) is 7.17. The van der Waals surface area contributed by atoms with Gasteiger partial charge in [-0.05, 0) is 50.3 Å². The lowest BCUT2D eigenvalue weighted by Gasteiger charge is -2.15. The van der Waals surface area contributed by atoms with Crippen LogP contribution in [0.3, 0.4) is 0 Å². The van der Waals surface area contributed by atoms with E-state index in [1.165, 1.54) is 18.4 Å². The largest absolute Gasteiger partial charge is 0.350 e. The summed E-state index contributed by atoms with van der Waals surface area (Å²) in [5.41, 5.74) is 3.19. The van der Waals surface area contributed by atoms with E-state index in [1.54, 1.807) is 0 Å². The number of fused-ring (bicyclic) bond motifs is 1. The topological polar surface area (TPSA) is 76.0 Å². The highest BCUT2D eigenvalue weighted by atomic mass is 16.2. The van der Waals surface area contributed by atoms with Gasteiger partial charge in [-0.15, -0.1) is 0 Å². The molecule has 0 radical (unpaired) electrons. The molecule has 2 heterocycles. The normalized spacial score (nSPS) is 21.0. The molecule has 6 heteroatoms. The van der Waals surface area contributed by atoms with E-state index in [1.807, 2.05) is 12.1 Å². The van der Waals surface area contributed by atoms with Crippen LogP contribution in [-0.2, 0) is 16.1 Å². The fourth-order valence-corrected chi connectivity index (χ4v) is 3.65. The predicted molar refractivity (Wildman–Crippen MR) is 95.0 cm³/mol. The Balaban J connectivity index is 1.44. The van der Waals surface area contributed by atoms with Gasteiger partial charge in [0.1, 0.15) is 11.9 Å². The summed E-state index contributed by atoms with van der Waals surface area (Å²) in [6.45, 7) is 2.50. The Morgan fingerprint density at radius 2 is 2.16 bits per heavy atom. The van der Waals surface area contributed by atoms with Gasteiger partial charge in [0, 0.05) is 19.0 Å². The zero-order chi connectivity index (χ0) is 17.4. The number of nitrogens with one attached hydrogen (secondary N) is 2. The van der Waals surface area contributed by atoms with Crippen molar-refractivity contribution in [2.75, 3.05) is 0 Å². The van der Waals surface area contributed by atoms with Gasteiger partial charge in [-0.25, -0.2) is 4.98 Å². The third-order valence-electron chi connectivity index (χ3n) is 5.11. The van der Waals surface area contributed by atoms with Crippen LogP contribution in [0.2, 0.25) is 0 Å². The minimum Gasteiger partial charge on any atom is -0.350 e. The number of carbonyl (C=O) groups excluding carboxylic acids is 2. The highest BCUT2D eigenvalue weighted by molar-refractivity contribution is 5.88. The zero-order valence-corrected chi connectivity index (χ0v) is 14.5. The van der Waals surface area contributed by atoms with Crippen molar-refractivity contribution in [2.45, 2.75) is 64.1 Å². The third kappa shape index (κ3) is 3.38. The first-order valence-electron chi connectivity index (χ1n) is 9.16. The van der Waals surface area contributed by atoms with Crippen LogP contribution < -0.4 is 10.6 Å². The Morgan fingerprint density at radius 3 is 2.96 bits per heavy atom. The zero-order valence-electron chi connectivity index (χ0n) is 14.5. The highest BCUT2D eigenvalue weighted by Crippen LogP contribution is 2.38. The number of nitrogens with zero attached hydrogens (tertiary/aromatic N) is 2. The molecule has 1 atom stereocenters. The van der Waals surface area contributed by atoms with Gasteiger partial charge in [0.25, 0.3) is 0 Å². The number of rotatable bonds is 4. The van der Waals surface area contributed by atoms with Gasteiger partial charge < -0.3 is 15.2 Å². The van der Waals surface area contributed by atoms with Crippen LogP contribution in [0.5, 0.6) is 0 Å². The summed E-state index contributed by atoms with van der Waals surface area (Å²) in [5, 5.41) is 5.76. The van der Waals surface area contributed by atoms with Crippen molar-refractivity contribution >= 4 is 22.8 Å². The maximum atomic E-state index is 12.3. The molecule has 1 aromatic heterocycles. The number of hydrogen-bond acceptors (Lipinski definition) is 3. The molecule has 132 valence electrons. The van der Waals surface area contributed by atoms with Crippen molar-refractivity contribution in [1.82, 2.24) is 20.2 Å². The summed E-state index contributed by atoms with van der Waals surface area (Å²) < 4.78 is 2.32. The molecule has 0 bridgehead atoms. The van der Waals surface area contributed by atoms with E-state index in [0.717, 1.165) is 29.7 Å². The fourth-order valence-electron chi connectivity index (χ4n) is 3.65. The second kappa shape index (κ2) is 6.50. The lowest BCUT2D eigenvalue weighted by molar-refractivity contribution is -0.128. The summed E-state index contributed by atoms with van der Waals surface area (Å²) in [7, 11) is 0. The van der Waals surface area contributed by atoms with Gasteiger partial charge in [0.15, 0.2) is 0 Å². The number of aryl methyl sites for hydroxylation is 1. The molecule has 2 aliphatic rings. The molecule has 2 amide bonds. The second-order valence-corrected chi connectivity index (χ2v) is 7.17. The number of imidazole rings is 1. The summed E-state index contributed by atoms with van der Waals surface area (Å²) in [4.78, 5) is 28.6. The monoisotopic (exact) mass is 340 g/mol. The quantitative estimate of drug-likeness (QED) is 0.897. The SMILES string of the molecule is Cc1nc2cc(CNC(=O)[C@H]3CCCCC(=O)N3)ccc2n1C1CC1. The van der Waals surface area contributed by atoms with E-state index in [4.69, 9.17) is 0 Å². The molecule has 2 N–H and O–H groups in total. The molecule has 0 unspecified atom stereocenters. The molecule has 1 aliphatic carbocycles. The summed E-state index contributed by atoms with van der Waals surface area (Å²) >= 11 is 0. The van der Waals surface area contributed by atoms with Crippen LogP contribution >= 0.6 is 0 Å². The molecule has 4 rings (SSSR count). The molecular weight excluding hydrogens is 316 g/mol. The smallest absolute Gasteiger partial charge is 0.242 e. The van der Waals surface area contributed by atoms with Crippen molar-refractivity contribution < 1.29 is 9.59 Å². The Hall–Kier alpha value is -2.37. The number of aromatic nitrogens is 2. The van der Waals surface area contributed by atoms with Crippen molar-refractivity contribution in [2.24, 2.45) is 0 Å². The van der Waals surface area contributed by atoms with Gasteiger partial charge in [0.05, 0.1) is 11.0 Å². The van der Waals surface area contributed by atoms with Crippen molar-refractivity contribution in [3.63, 3.8) is 0 Å². The molecule has 2 fully saturated rings. The highest BCUT2D eigenvalue weighted by Gasteiger charge is 2.27. The van der Waals surface area contributed by atoms with Crippen molar-refractivity contribution in [3.8, 4) is 0 Å². The van der Waals surface area contributed by atoms with Crippen LogP contribution in [0.1, 0.15) is 56.0 Å². The van der Waals surface area contributed by atoms with E-state index in [-0.39, 0.29) is 11.8 Å². The number of hydrogen-bond donors (Lipinski definition) is 2. The Labute approximate surface area is 147 Å². The molecular formula is C19H24N4O2. The van der Waals surface area contributed by atoms with E-state index in [9.17, 15) is 9.59 Å². The van der Waals surface area contributed by atoms with Crippen LogP contribution in [0.25, 0.3) is 11.0 Å². The number of benzene rings is 1. The molecule has 1 aromatic carbocycles. The first-order valence-corrected chi connectivity index (χ1v) is 9.16. The van der Waals surface area contributed by atoms with Gasteiger partial charge in [0.2, 0.25) is 11.8 Å². The standard InChI is InChI=1S/C19H24N4O2/c1-12-21-16-10-13(6-9-17(16)23(12)14-7-8-14)11-20-19(25)15-4-2-3-5-18(24)22-15/h6,9-10,14-15H,2-5,7-8,11H2,1H3,(H,20,25)(H,22,24)/t15-/m1/s1. The lowest BCUT2D eigenvalue weighted by atomic mass is 10.1. The third-order valence-corrected chi connectivity index (χ3v) is 5.11. The predicted octanol–water partition coefficient (Wildman–Crippen LogP) is 2.35. The molecule has 1 saturated carbocycles. The Morgan fingerprint density at radius 1 is 1.32 bits per heavy atom. The van der Waals surface area contributed by atoms with Crippen LogP contribution in [0, 0.1) is 6.92 Å². The Bertz CT molecular complexity index is 822. The van der Waals surface area contributed by atoms with Crippen LogP contribution in [-0.4, -0.2) is 27.4 Å². The minimum absolute atomic E-state index is 0.0276. The maximum Gasteiger partial charge on any atom is 0.242 e. The number of amides is 2. The van der Waals surface area contributed by atoms with Gasteiger partial charge in [-0.3, -0.25) is 9.59 Å². The molecule has 6 nitrogen and oxygen atoms in total. The molecule has 1 saturated heterocycles.